The minimum Gasteiger partial charge on any atom is -0.370 e. The van der Waals surface area contributed by atoms with Gasteiger partial charge in [0.05, 0.1) is 5.69 Å². The second kappa shape index (κ2) is 6.19. The van der Waals surface area contributed by atoms with Gasteiger partial charge in [0.2, 0.25) is 0 Å². The first kappa shape index (κ1) is 14.0. The van der Waals surface area contributed by atoms with Gasteiger partial charge in [0.15, 0.2) is 5.82 Å². The molecule has 0 spiro atoms. The smallest absolute Gasteiger partial charge is 0.160 e. The lowest BCUT2D eigenvalue weighted by atomic mass is 9.93. The molecule has 1 heterocycles. The lowest BCUT2D eigenvalue weighted by Gasteiger charge is -2.29. The zero-order valence-corrected chi connectivity index (χ0v) is 12.4. The van der Waals surface area contributed by atoms with E-state index >= 15 is 0 Å². The summed E-state index contributed by atoms with van der Waals surface area (Å²) in [5.74, 6) is 0.886. The fraction of sp³-hybridized carbons (Fsp3) is 0.750. The average Bonchev–Trinajstić information content (AvgIpc) is 3.32. The van der Waals surface area contributed by atoms with E-state index in [0.29, 0.717) is 6.04 Å². The molecule has 110 valence electrons. The number of hydrogen-bond donors (Lipinski definition) is 1. The summed E-state index contributed by atoms with van der Waals surface area (Å²) in [6.45, 7) is 0.847. The Kier molecular flexibility index (Phi) is 4.32. The van der Waals surface area contributed by atoms with E-state index in [-0.39, 0.29) is 5.60 Å². The molecule has 4 nitrogen and oxygen atoms in total. The third-order valence-corrected chi connectivity index (χ3v) is 4.57. The van der Waals surface area contributed by atoms with Gasteiger partial charge in [-0.3, -0.25) is 0 Å². The highest BCUT2D eigenvalue weighted by atomic mass is 16.5. The maximum atomic E-state index is 5.89. The summed E-state index contributed by atoms with van der Waals surface area (Å²) < 4.78 is 5.89. The molecule has 0 aromatic carbocycles. The summed E-state index contributed by atoms with van der Waals surface area (Å²) in [5, 5.41) is 3.51. The van der Waals surface area contributed by atoms with Gasteiger partial charge in [-0.1, -0.05) is 25.7 Å². The molecule has 3 rings (SSSR count). The molecule has 4 heteroatoms. The standard InChI is InChI=1S/C16H25N3O/c1-20-16(9-4-2-3-5-10-16)15-17-11-8-14(19-15)12-18-13-6-7-13/h8,11,13,18H,2-7,9-10,12H2,1H3. The van der Waals surface area contributed by atoms with Crippen molar-refractivity contribution in [3.63, 3.8) is 0 Å². The minimum atomic E-state index is -0.258. The number of rotatable bonds is 5. The summed E-state index contributed by atoms with van der Waals surface area (Å²) in [4.78, 5) is 9.31. The van der Waals surface area contributed by atoms with E-state index in [9.17, 15) is 0 Å². The predicted molar refractivity (Wildman–Crippen MR) is 78.3 cm³/mol. The van der Waals surface area contributed by atoms with Gasteiger partial charge in [0.25, 0.3) is 0 Å². The number of aromatic nitrogens is 2. The fourth-order valence-electron chi connectivity index (χ4n) is 3.07. The van der Waals surface area contributed by atoms with Gasteiger partial charge in [-0.25, -0.2) is 9.97 Å². The lowest BCUT2D eigenvalue weighted by molar-refractivity contribution is -0.0353. The van der Waals surface area contributed by atoms with Crippen LogP contribution in [0.25, 0.3) is 0 Å². The highest BCUT2D eigenvalue weighted by Gasteiger charge is 2.35. The fourth-order valence-corrected chi connectivity index (χ4v) is 3.07. The van der Waals surface area contributed by atoms with Gasteiger partial charge in [-0.15, -0.1) is 0 Å². The number of methoxy groups -OCH3 is 1. The van der Waals surface area contributed by atoms with E-state index in [4.69, 9.17) is 9.72 Å². The van der Waals surface area contributed by atoms with E-state index in [0.717, 1.165) is 30.9 Å². The Morgan fingerprint density at radius 2 is 2.00 bits per heavy atom. The molecule has 1 aromatic heterocycles. The Hall–Kier alpha value is -1.00. The molecule has 2 saturated carbocycles. The SMILES string of the molecule is COC1(c2nccc(CNC3CC3)n2)CCCCCC1. The summed E-state index contributed by atoms with van der Waals surface area (Å²) in [6.07, 6.45) is 11.6. The monoisotopic (exact) mass is 275 g/mol. The molecule has 2 aliphatic rings. The second-order valence-electron chi connectivity index (χ2n) is 6.14. The second-order valence-corrected chi connectivity index (χ2v) is 6.14. The normalized spacial score (nSPS) is 22.4. The number of ether oxygens (including phenoxy) is 1. The van der Waals surface area contributed by atoms with Gasteiger partial charge in [0.1, 0.15) is 5.60 Å². The maximum Gasteiger partial charge on any atom is 0.160 e. The van der Waals surface area contributed by atoms with Crippen LogP contribution in [0.3, 0.4) is 0 Å². The van der Waals surface area contributed by atoms with Crippen LogP contribution in [0, 0.1) is 0 Å². The van der Waals surface area contributed by atoms with Crippen molar-refractivity contribution in [3.8, 4) is 0 Å². The predicted octanol–water partition coefficient (Wildman–Crippen LogP) is 2.92. The van der Waals surface area contributed by atoms with Crippen molar-refractivity contribution in [2.24, 2.45) is 0 Å². The largest absolute Gasteiger partial charge is 0.370 e. The van der Waals surface area contributed by atoms with Gasteiger partial charge in [-0.2, -0.15) is 0 Å². The van der Waals surface area contributed by atoms with Crippen molar-refractivity contribution in [3.05, 3.63) is 23.8 Å². The molecule has 0 unspecified atom stereocenters. The van der Waals surface area contributed by atoms with Crippen LogP contribution >= 0.6 is 0 Å². The third kappa shape index (κ3) is 3.18. The van der Waals surface area contributed by atoms with E-state index in [2.05, 4.69) is 10.3 Å². The Balaban J connectivity index is 1.76. The van der Waals surface area contributed by atoms with E-state index in [1.807, 2.05) is 19.4 Å². The topological polar surface area (TPSA) is 47.0 Å². The van der Waals surface area contributed by atoms with Crippen LogP contribution in [-0.2, 0) is 16.9 Å². The first-order chi connectivity index (χ1) is 9.82. The van der Waals surface area contributed by atoms with Crippen LogP contribution in [0.2, 0.25) is 0 Å². The third-order valence-electron chi connectivity index (χ3n) is 4.57. The maximum absolute atomic E-state index is 5.89. The van der Waals surface area contributed by atoms with Crippen LogP contribution in [0.15, 0.2) is 12.3 Å². The van der Waals surface area contributed by atoms with Crippen molar-refractivity contribution < 1.29 is 4.74 Å². The Morgan fingerprint density at radius 3 is 2.65 bits per heavy atom. The lowest BCUT2D eigenvalue weighted by Crippen LogP contribution is -2.31. The quantitative estimate of drug-likeness (QED) is 0.839. The summed E-state index contributed by atoms with van der Waals surface area (Å²) in [6, 6.07) is 2.72. The van der Waals surface area contributed by atoms with Crippen LogP contribution < -0.4 is 5.32 Å². The molecule has 0 aliphatic heterocycles. The molecular weight excluding hydrogens is 250 g/mol. The highest BCUT2D eigenvalue weighted by Crippen LogP contribution is 2.37. The molecule has 0 atom stereocenters. The van der Waals surface area contributed by atoms with Crippen molar-refractivity contribution in [1.29, 1.82) is 0 Å². The molecule has 2 fully saturated rings. The number of nitrogens with one attached hydrogen (secondary N) is 1. The highest BCUT2D eigenvalue weighted by molar-refractivity contribution is 5.10. The summed E-state index contributed by atoms with van der Waals surface area (Å²) in [7, 11) is 1.81. The average molecular weight is 275 g/mol. The van der Waals surface area contributed by atoms with Crippen molar-refractivity contribution >= 4 is 0 Å². The van der Waals surface area contributed by atoms with Gasteiger partial charge < -0.3 is 10.1 Å². The molecule has 1 aromatic rings. The summed E-state index contributed by atoms with van der Waals surface area (Å²) in [5.41, 5.74) is 0.828. The molecule has 0 radical (unpaired) electrons. The van der Waals surface area contributed by atoms with Crippen LogP contribution in [-0.4, -0.2) is 23.1 Å². The van der Waals surface area contributed by atoms with Crippen molar-refractivity contribution in [1.82, 2.24) is 15.3 Å². The molecule has 1 N–H and O–H groups in total. The van der Waals surface area contributed by atoms with E-state index in [1.54, 1.807) is 0 Å². The Bertz CT molecular complexity index is 437. The first-order valence-electron chi connectivity index (χ1n) is 7.93. The van der Waals surface area contributed by atoms with E-state index in [1.165, 1.54) is 38.5 Å². The molecular formula is C16H25N3O. The molecule has 0 amide bonds. The Morgan fingerprint density at radius 1 is 1.25 bits per heavy atom. The van der Waals surface area contributed by atoms with Crippen LogP contribution in [0.4, 0.5) is 0 Å². The number of nitrogens with zero attached hydrogens (tertiary/aromatic N) is 2. The van der Waals surface area contributed by atoms with Crippen molar-refractivity contribution in [2.45, 2.75) is 69.6 Å². The summed E-state index contributed by atoms with van der Waals surface area (Å²) >= 11 is 0. The first-order valence-corrected chi connectivity index (χ1v) is 7.93. The molecule has 2 aliphatic carbocycles. The molecule has 0 bridgehead atoms. The zero-order valence-electron chi connectivity index (χ0n) is 12.4. The van der Waals surface area contributed by atoms with Crippen LogP contribution in [0.1, 0.15) is 62.9 Å². The Labute approximate surface area is 121 Å². The van der Waals surface area contributed by atoms with Gasteiger partial charge >= 0.3 is 0 Å². The van der Waals surface area contributed by atoms with Crippen LogP contribution in [0.5, 0.6) is 0 Å². The van der Waals surface area contributed by atoms with Crippen molar-refractivity contribution in [2.75, 3.05) is 7.11 Å². The molecule has 20 heavy (non-hydrogen) atoms. The van der Waals surface area contributed by atoms with E-state index < -0.39 is 0 Å². The van der Waals surface area contributed by atoms with Gasteiger partial charge in [-0.05, 0) is 31.7 Å². The number of hydrogen-bond acceptors (Lipinski definition) is 4. The minimum absolute atomic E-state index is 0.258. The molecule has 0 saturated heterocycles. The zero-order chi connectivity index (χ0) is 13.8. The van der Waals surface area contributed by atoms with Gasteiger partial charge in [0, 0.05) is 25.9 Å².